The van der Waals surface area contributed by atoms with Crippen molar-refractivity contribution in [1.82, 2.24) is 4.90 Å². The van der Waals surface area contributed by atoms with Crippen molar-refractivity contribution in [2.24, 2.45) is 5.92 Å². The van der Waals surface area contributed by atoms with E-state index < -0.39 is 11.6 Å². The minimum absolute atomic E-state index is 0.0408. The number of fused-ring (bicyclic) bond motifs is 1. The van der Waals surface area contributed by atoms with Crippen molar-refractivity contribution in [2.75, 3.05) is 18.5 Å². The average Bonchev–Trinajstić information content (AvgIpc) is 3.54. The second kappa shape index (κ2) is 8.19. The summed E-state index contributed by atoms with van der Waals surface area (Å²) in [5.41, 5.74) is 1.82. The Balaban J connectivity index is 1.38. The Morgan fingerprint density at radius 2 is 1.97 bits per heavy atom. The molecule has 0 aromatic heterocycles. The molecule has 1 N–H and O–H groups in total. The molecule has 2 aliphatic rings. The van der Waals surface area contributed by atoms with Crippen LogP contribution in [0.2, 0.25) is 0 Å². The minimum Gasteiger partial charge on any atom is -0.491 e. The summed E-state index contributed by atoms with van der Waals surface area (Å²) in [6.45, 7) is 1.55. The van der Waals surface area contributed by atoms with Gasteiger partial charge in [0.15, 0.2) is 0 Å². The fourth-order valence-electron chi connectivity index (χ4n) is 3.44. The maximum absolute atomic E-state index is 13.7. The number of amides is 2. The number of rotatable bonds is 5. The lowest BCUT2D eigenvalue weighted by molar-refractivity contribution is -0.133. The molecule has 0 saturated heterocycles. The maximum Gasteiger partial charge on any atom is 0.226 e. The molecule has 0 atom stereocenters. The van der Waals surface area contributed by atoms with Crippen molar-refractivity contribution >= 4 is 17.5 Å². The van der Waals surface area contributed by atoms with Crippen LogP contribution in [0.1, 0.15) is 30.4 Å². The highest BCUT2D eigenvalue weighted by Crippen LogP contribution is 2.33. The van der Waals surface area contributed by atoms with Gasteiger partial charge >= 0.3 is 0 Å². The Labute approximate surface area is 167 Å². The number of halogens is 2. The average molecular weight is 400 g/mol. The van der Waals surface area contributed by atoms with Gasteiger partial charge in [0.1, 0.15) is 24.0 Å². The third-order valence-electron chi connectivity index (χ3n) is 5.19. The first kappa shape index (κ1) is 19.4. The molecule has 1 saturated carbocycles. The molecule has 152 valence electrons. The Morgan fingerprint density at radius 1 is 1.14 bits per heavy atom. The predicted molar refractivity (Wildman–Crippen MR) is 103 cm³/mol. The van der Waals surface area contributed by atoms with E-state index in [0.717, 1.165) is 41.9 Å². The number of nitrogens with zero attached hydrogens (tertiary/aromatic N) is 1. The van der Waals surface area contributed by atoms with Crippen LogP contribution in [0.3, 0.4) is 0 Å². The largest absolute Gasteiger partial charge is 0.491 e. The van der Waals surface area contributed by atoms with Crippen LogP contribution in [-0.2, 0) is 22.6 Å². The number of nitrogens with one attached hydrogen (secondary N) is 1. The first-order valence-corrected chi connectivity index (χ1v) is 9.78. The Kier molecular flexibility index (Phi) is 5.47. The number of carbonyl (C=O) groups excluding carboxylic acids is 2. The van der Waals surface area contributed by atoms with E-state index in [1.807, 2.05) is 23.1 Å². The summed E-state index contributed by atoms with van der Waals surface area (Å²) in [4.78, 5) is 26.4. The van der Waals surface area contributed by atoms with E-state index in [9.17, 15) is 18.4 Å². The number of anilines is 1. The zero-order valence-corrected chi connectivity index (χ0v) is 15.9. The maximum atomic E-state index is 13.7. The van der Waals surface area contributed by atoms with E-state index in [1.165, 1.54) is 6.07 Å². The van der Waals surface area contributed by atoms with Gasteiger partial charge in [-0.05, 0) is 43.0 Å². The van der Waals surface area contributed by atoms with E-state index in [1.54, 1.807) is 0 Å². The molecular formula is C22H22F2N2O3. The summed E-state index contributed by atoms with van der Waals surface area (Å²) < 4.78 is 32.4. The number of ether oxygens (including phenoxy) is 1. The van der Waals surface area contributed by atoms with Gasteiger partial charge in [-0.1, -0.05) is 12.1 Å². The van der Waals surface area contributed by atoms with E-state index >= 15 is 0 Å². The summed E-state index contributed by atoms with van der Waals surface area (Å²) in [5, 5.41) is 2.46. The summed E-state index contributed by atoms with van der Waals surface area (Å²) in [5.74, 6) is -0.740. The van der Waals surface area contributed by atoms with Crippen molar-refractivity contribution in [3.63, 3.8) is 0 Å². The highest BCUT2D eigenvalue weighted by Gasteiger charge is 2.34. The third kappa shape index (κ3) is 4.72. The van der Waals surface area contributed by atoms with Gasteiger partial charge in [0, 0.05) is 30.5 Å². The van der Waals surface area contributed by atoms with Crippen molar-refractivity contribution in [1.29, 1.82) is 0 Å². The van der Waals surface area contributed by atoms with E-state index in [2.05, 4.69) is 5.32 Å². The molecule has 0 bridgehead atoms. The molecule has 0 unspecified atom stereocenters. The molecular weight excluding hydrogens is 378 g/mol. The minimum atomic E-state index is -0.805. The van der Waals surface area contributed by atoms with Crippen LogP contribution in [-0.4, -0.2) is 29.9 Å². The standard InChI is InChI=1S/C22H22F2N2O3/c23-17-5-6-19(18(24)12-17)25-21(27)8-2-14-1-7-20-16(11-14)13-26(9-10-29-20)22(28)15-3-4-15/h1,5-7,11-12,15H,2-4,8-10,13H2,(H,25,27). The first-order chi connectivity index (χ1) is 14.0. The van der Waals surface area contributed by atoms with Gasteiger partial charge < -0.3 is 15.0 Å². The van der Waals surface area contributed by atoms with Crippen LogP contribution in [0.15, 0.2) is 36.4 Å². The molecule has 0 radical (unpaired) electrons. The second-order valence-electron chi connectivity index (χ2n) is 7.50. The topological polar surface area (TPSA) is 58.6 Å². The van der Waals surface area contributed by atoms with Gasteiger partial charge in [0.25, 0.3) is 0 Å². The molecule has 2 amide bonds. The quantitative estimate of drug-likeness (QED) is 0.833. The van der Waals surface area contributed by atoms with Gasteiger partial charge in [0.05, 0.1) is 12.2 Å². The number of aryl methyl sites for hydroxylation is 1. The molecule has 1 aliphatic heterocycles. The van der Waals surface area contributed by atoms with Gasteiger partial charge in [-0.3, -0.25) is 9.59 Å². The van der Waals surface area contributed by atoms with Crippen molar-refractivity contribution in [3.8, 4) is 5.75 Å². The van der Waals surface area contributed by atoms with Crippen molar-refractivity contribution in [2.45, 2.75) is 32.2 Å². The lowest BCUT2D eigenvalue weighted by Gasteiger charge is -2.19. The SMILES string of the molecule is O=C(CCc1ccc2c(c1)CN(C(=O)C1CC1)CCO2)Nc1ccc(F)cc1F. The molecule has 2 aromatic rings. The lowest BCUT2D eigenvalue weighted by Crippen LogP contribution is -2.33. The summed E-state index contributed by atoms with van der Waals surface area (Å²) in [6.07, 6.45) is 2.54. The van der Waals surface area contributed by atoms with E-state index in [0.29, 0.717) is 26.1 Å². The summed E-state index contributed by atoms with van der Waals surface area (Å²) in [6, 6.07) is 8.75. The van der Waals surface area contributed by atoms with Gasteiger partial charge in [-0.25, -0.2) is 8.78 Å². The van der Waals surface area contributed by atoms with E-state index in [-0.39, 0.29) is 29.8 Å². The van der Waals surface area contributed by atoms with Crippen LogP contribution in [0.4, 0.5) is 14.5 Å². The molecule has 5 nitrogen and oxygen atoms in total. The smallest absolute Gasteiger partial charge is 0.226 e. The highest BCUT2D eigenvalue weighted by atomic mass is 19.1. The molecule has 1 fully saturated rings. The number of hydrogen-bond donors (Lipinski definition) is 1. The number of benzene rings is 2. The third-order valence-corrected chi connectivity index (χ3v) is 5.19. The zero-order valence-electron chi connectivity index (χ0n) is 15.9. The lowest BCUT2D eigenvalue weighted by atomic mass is 10.0. The van der Waals surface area contributed by atoms with Gasteiger partial charge in [-0.2, -0.15) is 0 Å². The molecule has 1 heterocycles. The second-order valence-corrected chi connectivity index (χ2v) is 7.50. The highest BCUT2D eigenvalue weighted by molar-refractivity contribution is 5.90. The van der Waals surface area contributed by atoms with Gasteiger partial charge in [-0.15, -0.1) is 0 Å². The van der Waals surface area contributed by atoms with Crippen molar-refractivity contribution in [3.05, 3.63) is 59.2 Å². The normalized spacial score (nSPS) is 15.9. The number of hydrogen-bond acceptors (Lipinski definition) is 3. The molecule has 1 aliphatic carbocycles. The zero-order chi connectivity index (χ0) is 20.4. The van der Waals surface area contributed by atoms with Gasteiger partial charge in [0.2, 0.25) is 11.8 Å². The van der Waals surface area contributed by atoms with E-state index in [4.69, 9.17) is 4.74 Å². The Morgan fingerprint density at radius 3 is 2.72 bits per heavy atom. The fourth-order valence-corrected chi connectivity index (χ4v) is 3.44. The molecule has 29 heavy (non-hydrogen) atoms. The molecule has 2 aromatic carbocycles. The molecule has 4 rings (SSSR count). The van der Waals surface area contributed by atoms with Crippen LogP contribution < -0.4 is 10.1 Å². The van der Waals surface area contributed by atoms with Crippen LogP contribution in [0.5, 0.6) is 5.75 Å². The first-order valence-electron chi connectivity index (χ1n) is 9.78. The molecule has 0 spiro atoms. The summed E-state index contributed by atoms with van der Waals surface area (Å²) >= 11 is 0. The predicted octanol–water partition coefficient (Wildman–Crippen LogP) is 3.67. The Hall–Kier alpha value is -2.96. The number of carbonyl (C=O) groups is 2. The van der Waals surface area contributed by atoms with Crippen LogP contribution in [0.25, 0.3) is 0 Å². The van der Waals surface area contributed by atoms with Crippen LogP contribution in [0, 0.1) is 17.6 Å². The summed E-state index contributed by atoms with van der Waals surface area (Å²) in [7, 11) is 0. The van der Waals surface area contributed by atoms with Crippen molar-refractivity contribution < 1.29 is 23.1 Å². The monoisotopic (exact) mass is 400 g/mol. The fraction of sp³-hybridized carbons (Fsp3) is 0.364. The Bertz CT molecular complexity index is 944. The molecule has 7 heteroatoms. The van der Waals surface area contributed by atoms with Crippen LogP contribution >= 0.6 is 0 Å².